The van der Waals surface area contributed by atoms with Crippen molar-refractivity contribution in [2.45, 2.75) is 38.4 Å². The van der Waals surface area contributed by atoms with Crippen LogP contribution in [0, 0.1) is 5.92 Å². The SMILES string of the molecule is CC(C)[C@H](NC(=O)c1nccc2ccccc12)C(=O)N1CCNCC1C(=O)N[C@H](C=O)CC=O. The number of rotatable bonds is 9. The van der Waals surface area contributed by atoms with Crippen molar-refractivity contribution in [3.05, 3.63) is 42.2 Å². The summed E-state index contributed by atoms with van der Waals surface area (Å²) in [4.78, 5) is 67.0. The molecule has 1 unspecified atom stereocenters. The molecule has 1 aliphatic rings. The molecule has 34 heavy (non-hydrogen) atoms. The van der Waals surface area contributed by atoms with E-state index in [4.69, 9.17) is 0 Å². The molecule has 3 amide bonds. The molecule has 10 heteroatoms. The number of hydrogen-bond acceptors (Lipinski definition) is 7. The van der Waals surface area contributed by atoms with Crippen LogP contribution in [0.15, 0.2) is 36.5 Å². The summed E-state index contributed by atoms with van der Waals surface area (Å²) in [6, 6.07) is 6.42. The van der Waals surface area contributed by atoms with Crippen LogP contribution in [0.2, 0.25) is 0 Å². The van der Waals surface area contributed by atoms with Gasteiger partial charge in [-0.1, -0.05) is 38.1 Å². The number of carbonyl (C=O) groups is 5. The minimum Gasteiger partial charge on any atom is -0.344 e. The zero-order valence-electron chi connectivity index (χ0n) is 19.2. The topological polar surface area (TPSA) is 138 Å². The van der Waals surface area contributed by atoms with E-state index in [1.165, 1.54) is 4.90 Å². The van der Waals surface area contributed by atoms with Crippen LogP contribution in [-0.2, 0) is 19.2 Å². The first kappa shape index (κ1) is 25.0. The molecule has 1 aliphatic heterocycles. The Morgan fingerprint density at radius 2 is 1.94 bits per heavy atom. The molecule has 180 valence electrons. The summed E-state index contributed by atoms with van der Waals surface area (Å²) in [5, 5.41) is 9.91. The number of nitrogens with zero attached hydrogens (tertiary/aromatic N) is 2. The molecule has 0 radical (unpaired) electrons. The fourth-order valence-corrected chi connectivity index (χ4v) is 3.94. The summed E-state index contributed by atoms with van der Waals surface area (Å²) in [6.07, 6.45) is 2.44. The maximum absolute atomic E-state index is 13.5. The molecule has 2 aromatic rings. The molecule has 3 rings (SSSR count). The van der Waals surface area contributed by atoms with Gasteiger partial charge in [-0.2, -0.15) is 0 Å². The van der Waals surface area contributed by atoms with Crippen molar-refractivity contribution in [2.24, 2.45) is 5.92 Å². The molecular weight excluding hydrogens is 438 g/mol. The van der Waals surface area contributed by atoms with Gasteiger partial charge >= 0.3 is 0 Å². The maximum atomic E-state index is 13.5. The van der Waals surface area contributed by atoms with E-state index in [1.54, 1.807) is 18.3 Å². The largest absolute Gasteiger partial charge is 0.344 e. The number of piperazine rings is 1. The predicted octanol–water partition coefficient (Wildman–Crippen LogP) is 0.0623. The number of aldehydes is 2. The average molecular weight is 468 g/mol. The van der Waals surface area contributed by atoms with Crippen molar-refractivity contribution in [1.29, 1.82) is 0 Å². The Kier molecular flexibility index (Phi) is 8.42. The standard InChI is InChI=1S/C24H29N5O5/c1-15(2)20(28-23(33)21-18-6-4-3-5-16(18)7-9-26-21)24(34)29-11-10-25-13-19(29)22(32)27-17(14-31)8-12-30/h3-7,9,12,14-15,17,19-20,25H,8,10-11,13H2,1-2H3,(H,27,32)(H,28,33)/t17-,19?,20-/m0/s1. The van der Waals surface area contributed by atoms with E-state index in [-0.39, 0.29) is 31.1 Å². The second kappa shape index (κ2) is 11.5. The van der Waals surface area contributed by atoms with Gasteiger partial charge in [-0.05, 0) is 17.4 Å². The zero-order chi connectivity index (χ0) is 24.7. The lowest BCUT2D eigenvalue weighted by Gasteiger charge is -2.38. The van der Waals surface area contributed by atoms with Gasteiger partial charge in [-0.25, -0.2) is 0 Å². The summed E-state index contributed by atoms with van der Waals surface area (Å²) in [6.45, 7) is 4.53. The fourth-order valence-electron chi connectivity index (χ4n) is 3.94. The normalized spacial score (nSPS) is 17.6. The highest BCUT2D eigenvalue weighted by atomic mass is 16.2. The number of carbonyl (C=O) groups excluding carboxylic acids is 5. The second-order valence-corrected chi connectivity index (χ2v) is 8.48. The van der Waals surface area contributed by atoms with Crippen molar-refractivity contribution < 1.29 is 24.0 Å². The van der Waals surface area contributed by atoms with Crippen LogP contribution >= 0.6 is 0 Å². The molecule has 1 fully saturated rings. The number of amides is 3. The van der Waals surface area contributed by atoms with E-state index in [2.05, 4.69) is 20.9 Å². The van der Waals surface area contributed by atoms with Gasteiger partial charge in [0.25, 0.3) is 5.91 Å². The minimum atomic E-state index is -0.957. The molecule has 1 aromatic heterocycles. The van der Waals surface area contributed by atoms with Gasteiger partial charge in [0.1, 0.15) is 30.3 Å². The van der Waals surface area contributed by atoms with Crippen molar-refractivity contribution in [1.82, 2.24) is 25.8 Å². The first-order chi connectivity index (χ1) is 16.4. The quantitative estimate of drug-likeness (QED) is 0.444. The molecule has 0 bridgehead atoms. The Morgan fingerprint density at radius 1 is 1.18 bits per heavy atom. The highest BCUT2D eigenvalue weighted by molar-refractivity contribution is 6.06. The number of nitrogens with one attached hydrogen (secondary N) is 3. The van der Waals surface area contributed by atoms with E-state index in [9.17, 15) is 24.0 Å². The van der Waals surface area contributed by atoms with Gasteiger partial charge in [0.05, 0.1) is 6.04 Å². The molecule has 0 saturated carbocycles. The Morgan fingerprint density at radius 3 is 2.65 bits per heavy atom. The van der Waals surface area contributed by atoms with Gasteiger partial charge in [0.2, 0.25) is 11.8 Å². The number of benzene rings is 1. The molecule has 3 N–H and O–H groups in total. The third-order valence-electron chi connectivity index (χ3n) is 5.78. The molecule has 0 spiro atoms. The third-order valence-corrected chi connectivity index (χ3v) is 5.78. The lowest BCUT2D eigenvalue weighted by Crippen LogP contribution is -2.64. The third kappa shape index (κ3) is 5.63. The van der Waals surface area contributed by atoms with Crippen LogP contribution in [0.5, 0.6) is 0 Å². The van der Waals surface area contributed by atoms with Gasteiger partial charge in [-0.15, -0.1) is 0 Å². The summed E-state index contributed by atoms with van der Waals surface area (Å²) in [7, 11) is 0. The Bertz CT molecular complexity index is 1070. The Labute approximate surface area is 197 Å². The highest BCUT2D eigenvalue weighted by Crippen LogP contribution is 2.18. The molecular formula is C24H29N5O5. The highest BCUT2D eigenvalue weighted by Gasteiger charge is 2.38. The van der Waals surface area contributed by atoms with Crippen molar-refractivity contribution in [3.8, 4) is 0 Å². The Balaban J connectivity index is 1.80. The Hall–Kier alpha value is -3.66. The van der Waals surface area contributed by atoms with Crippen molar-refractivity contribution >= 4 is 41.1 Å². The maximum Gasteiger partial charge on any atom is 0.271 e. The molecule has 3 atom stereocenters. The second-order valence-electron chi connectivity index (χ2n) is 8.48. The van der Waals surface area contributed by atoms with Crippen LogP contribution in [0.1, 0.15) is 30.8 Å². The summed E-state index contributed by atoms with van der Waals surface area (Å²) in [5.74, 6) is -1.68. The van der Waals surface area contributed by atoms with Crippen molar-refractivity contribution in [2.75, 3.05) is 19.6 Å². The van der Waals surface area contributed by atoms with Gasteiger partial charge in [0.15, 0.2) is 0 Å². The minimum absolute atomic E-state index is 0.147. The predicted molar refractivity (Wildman–Crippen MR) is 125 cm³/mol. The zero-order valence-corrected chi connectivity index (χ0v) is 19.2. The van der Waals surface area contributed by atoms with Gasteiger partial charge in [-0.3, -0.25) is 19.4 Å². The lowest BCUT2D eigenvalue weighted by atomic mass is 10.00. The smallest absolute Gasteiger partial charge is 0.271 e. The van der Waals surface area contributed by atoms with E-state index >= 15 is 0 Å². The van der Waals surface area contributed by atoms with Gasteiger partial charge < -0.3 is 30.4 Å². The average Bonchev–Trinajstić information content (AvgIpc) is 2.85. The molecule has 2 heterocycles. The van der Waals surface area contributed by atoms with E-state index in [0.29, 0.717) is 24.5 Å². The van der Waals surface area contributed by atoms with E-state index < -0.39 is 35.8 Å². The first-order valence-corrected chi connectivity index (χ1v) is 11.2. The van der Waals surface area contributed by atoms with Gasteiger partial charge in [0, 0.05) is 37.6 Å². The van der Waals surface area contributed by atoms with Crippen LogP contribution in [0.25, 0.3) is 10.8 Å². The molecule has 1 aromatic carbocycles. The number of pyridine rings is 1. The fraction of sp³-hybridized carbons (Fsp3) is 0.417. The van der Waals surface area contributed by atoms with Crippen LogP contribution in [-0.4, -0.2) is 77.9 Å². The van der Waals surface area contributed by atoms with Crippen LogP contribution in [0.4, 0.5) is 0 Å². The van der Waals surface area contributed by atoms with E-state index in [0.717, 1.165) is 5.39 Å². The van der Waals surface area contributed by atoms with Crippen molar-refractivity contribution in [3.63, 3.8) is 0 Å². The number of aromatic nitrogens is 1. The summed E-state index contributed by atoms with van der Waals surface area (Å²) >= 11 is 0. The van der Waals surface area contributed by atoms with Crippen LogP contribution < -0.4 is 16.0 Å². The number of hydrogen-bond donors (Lipinski definition) is 3. The molecule has 1 saturated heterocycles. The molecule has 10 nitrogen and oxygen atoms in total. The van der Waals surface area contributed by atoms with Crippen LogP contribution in [0.3, 0.4) is 0 Å². The lowest BCUT2D eigenvalue weighted by molar-refractivity contribution is -0.144. The molecule has 0 aliphatic carbocycles. The van der Waals surface area contributed by atoms with E-state index in [1.807, 2.05) is 32.0 Å². The first-order valence-electron chi connectivity index (χ1n) is 11.2. The summed E-state index contributed by atoms with van der Waals surface area (Å²) in [5.41, 5.74) is 0.217. The monoisotopic (exact) mass is 467 g/mol. The summed E-state index contributed by atoms with van der Waals surface area (Å²) < 4.78 is 0. The number of fused-ring (bicyclic) bond motifs is 1.